The molecule has 30 heavy (non-hydrogen) atoms. The van der Waals surface area contributed by atoms with Gasteiger partial charge in [-0.15, -0.1) is 5.10 Å². The molecule has 3 heterocycles. The van der Waals surface area contributed by atoms with Crippen LogP contribution in [0.3, 0.4) is 0 Å². The monoisotopic (exact) mass is 416 g/mol. The number of aryl methyl sites for hydroxylation is 1. The Hall–Kier alpha value is -2.39. The molecule has 9 heteroatoms. The minimum Gasteiger partial charge on any atom is -0.379 e. The molecular weight excluding hydrogens is 387 g/mol. The maximum atomic E-state index is 13.4. The number of tetrazole rings is 1. The minimum atomic E-state index is -0.527. The molecule has 0 unspecified atom stereocenters. The Morgan fingerprint density at radius 3 is 2.50 bits per heavy atom. The fourth-order valence-corrected chi connectivity index (χ4v) is 4.34. The number of ether oxygens (including phenoxy) is 1. The molecule has 2 aliphatic heterocycles. The lowest BCUT2D eigenvalue weighted by molar-refractivity contribution is -0.136. The third-order valence-corrected chi connectivity index (χ3v) is 6.13. The first-order valence-corrected chi connectivity index (χ1v) is 10.7. The van der Waals surface area contributed by atoms with Gasteiger partial charge in [-0.05, 0) is 53.8 Å². The SMILES string of the molecule is Cc1nnnn1[C@@H](Cc1ccc(F)cc1)C(=O)N1CCC(CN2CCOCC2)CC1. The number of amides is 1. The van der Waals surface area contributed by atoms with Gasteiger partial charge in [0.15, 0.2) is 0 Å². The molecule has 0 N–H and O–H groups in total. The largest absolute Gasteiger partial charge is 0.379 e. The molecule has 162 valence electrons. The van der Waals surface area contributed by atoms with Gasteiger partial charge in [-0.2, -0.15) is 0 Å². The smallest absolute Gasteiger partial charge is 0.247 e. The van der Waals surface area contributed by atoms with Crippen molar-refractivity contribution in [1.29, 1.82) is 0 Å². The summed E-state index contributed by atoms with van der Waals surface area (Å²) >= 11 is 0. The van der Waals surface area contributed by atoms with E-state index in [2.05, 4.69) is 20.4 Å². The van der Waals surface area contributed by atoms with E-state index in [1.54, 1.807) is 23.7 Å². The van der Waals surface area contributed by atoms with Crippen LogP contribution in [-0.4, -0.2) is 81.9 Å². The number of carbonyl (C=O) groups excluding carboxylic acids is 1. The average molecular weight is 417 g/mol. The van der Waals surface area contributed by atoms with Crippen molar-refractivity contribution in [2.75, 3.05) is 45.9 Å². The highest BCUT2D eigenvalue weighted by atomic mass is 19.1. The van der Waals surface area contributed by atoms with Crippen molar-refractivity contribution >= 4 is 5.91 Å². The third-order valence-electron chi connectivity index (χ3n) is 6.13. The van der Waals surface area contributed by atoms with E-state index in [4.69, 9.17) is 4.74 Å². The summed E-state index contributed by atoms with van der Waals surface area (Å²) in [6.45, 7) is 7.98. The molecule has 0 radical (unpaired) electrons. The summed E-state index contributed by atoms with van der Waals surface area (Å²) in [5, 5.41) is 11.7. The number of morpholine rings is 1. The van der Waals surface area contributed by atoms with Gasteiger partial charge >= 0.3 is 0 Å². The second-order valence-corrected chi connectivity index (χ2v) is 8.20. The van der Waals surface area contributed by atoms with Crippen molar-refractivity contribution < 1.29 is 13.9 Å². The number of hydrogen-bond donors (Lipinski definition) is 0. The molecule has 2 fully saturated rings. The summed E-state index contributed by atoms with van der Waals surface area (Å²) in [4.78, 5) is 17.8. The first-order valence-electron chi connectivity index (χ1n) is 10.7. The zero-order valence-corrected chi connectivity index (χ0v) is 17.4. The summed E-state index contributed by atoms with van der Waals surface area (Å²) in [6, 6.07) is 5.73. The molecule has 1 aromatic heterocycles. The topological polar surface area (TPSA) is 76.4 Å². The molecule has 2 aliphatic rings. The number of hydrogen-bond acceptors (Lipinski definition) is 6. The maximum Gasteiger partial charge on any atom is 0.247 e. The molecule has 8 nitrogen and oxygen atoms in total. The van der Waals surface area contributed by atoms with Crippen LogP contribution < -0.4 is 0 Å². The van der Waals surface area contributed by atoms with E-state index >= 15 is 0 Å². The van der Waals surface area contributed by atoms with Crippen molar-refractivity contribution in [1.82, 2.24) is 30.0 Å². The zero-order chi connectivity index (χ0) is 20.9. The highest BCUT2D eigenvalue weighted by Crippen LogP contribution is 2.24. The van der Waals surface area contributed by atoms with Crippen molar-refractivity contribution in [3.8, 4) is 0 Å². The molecule has 1 aromatic carbocycles. The average Bonchev–Trinajstić information content (AvgIpc) is 3.20. The Balaban J connectivity index is 1.40. The van der Waals surface area contributed by atoms with Gasteiger partial charge in [0, 0.05) is 39.1 Å². The number of piperidine rings is 1. The van der Waals surface area contributed by atoms with E-state index in [0.717, 1.165) is 64.3 Å². The predicted molar refractivity (Wildman–Crippen MR) is 108 cm³/mol. The first kappa shape index (κ1) is 20.9. The van der Waals surface area contributed by atoms with Crippen LogP contribution in [0, 0.1) is 18.7 Å². The van der Waals surface area contributed by atoms with Gasteiger partial charge in [0.1, 0.15) is 17.7 Å². The first-order chi connectivity index (χ1) is 14.6. The highest BCUT2D eigenvalue weighted by molar-refractivity contribution is 5.80. The van der Waals surface area contributed by atoms with Crippen LogP contribution in [0.5, 0.6) is 0 Å². The summed E-state index contributed by atoms with van der Waals surface area (Å²) in [5.74, 6) is 0.942. The highest BCUT2D eigenvalue weighted by Gasteiger charge is 2.32. The number of likely N-dealkylation sites (tertiary alicyclic amines) is 1. The van der Waals surface area contributed by atoms with Crippen LogP contribution in [0.2, 0.25) is 0 Å². The molecule has 2 aromatic rings. The fraction of sp³-hybridized carbons (Fsp3) is 0.619. The minimum absolute atomic E-state index is 0.0274. The standard InChI is InChI=1S/C21H29FN6O2/c1-16-23-24-25-28(16)20(14-17-2-4-19(22)5-3-17)21(29)27-8-6-18(7-9-27)15-26-10-12-30-13-11-26/h2-5,18,20H,6-15H2,1H3/t20-/m0/s1. The second-order valence-electron chi connectivity index (χ2n) is 8.20. The molecule has 0 bridgehead atoms. The molecule has 0 saturated carbocycles. The Kier molecular flexibility index (Phi) is 6.69. The van der Waals surface area contributed by atoms with Crippen LogP contribution >= 0.6 is 0 Å². The Bertz CT molecular complexity index is 828. The lowest BCUT2D eigenvalue weighted by Crippen LogP contribution is -2.46. The van der Waals surface area contributed by atoms with E-state index < -0.39 is 6.04 Å². The van der Waals surface area contributed by atoms with Crippen LogP contribution in [0.15, 0.2) is 24.3 Å². The number of nitrogens with zero attached hydrogens (tertiary/aromatic N) is 6. The van der Waals surface area contributed by atoms with E-state index in [0.29, 0.717) is 18.2 Å². The Morgan fingerprint density at radius 2 is 1.87 bits per heavy atom. The molecule has 0 spiro atoms. The normalized spacial score (nSPS) is 19.7. The molecule has 4 rings (SSSR count). The number of rotatable bonds is 6. The summed E-state index contributed by atoms with van der Waals surface area (Å²) < 4.78 is 20.3. The predicted octanol–water partition coefficient (Wildman–Crippen LogP) is 1.48. The Labute approximate surface area is 176 Å². The summed E-state index contributed by atoms with van der Waals surface area (Å²) in [5.41, 5.74) is 0.881. The molecule has 2 saturated heterocycles. The van der Waals surface area contributed by atoms with Crippen molar-refractivity contribution in [2.24, 2.45) is 5.92 Å². The van der Waals surface area contributed by atoms with Gasteiger partial charge < -0.3 is 9.64 Å². The lowest BCUT2D eigenvalue weighted by atomic mass is 9.95. The lowest BCUT2D eigenvalue weighted by Gasteiger charge is -2.37. The van der Waals surface area contributed by atoms with Crippen LogP contribution in [0.4, 0.5) is 4.39 Å². The summed E-state index contributed by atoms with van der Waals surface area (Å²) in [6.07, 6.45) is 2.43. The van der Waals surface area contributed by atoms with E-state index in [9.17, 15) is 9.18 Å². The van der Waals surface area contributed by atoms with E-state index in [-0.39, 0.29) is 11.7 Å². The van der Waals surface area contributed by atoms with Gasteiger partial charge in [-0.3, -0.25) is 9.69 Å². The van der Waals surface area contributed by atoms with Gasteiger partial charge in [-0.1, -0.05) is 12.1 Å². The third kappa shape index (κ3) is 5.02. The molecule has 0 aliphatic carbocycles. The van der Waals surface area contributed by atoms with Gasteiger partial charge in [0.2, 0.25) is 5.91 Å². The fourth-order valence-electron chi connectivity index (χ4n) is 4.34. The molecule has 1 amide bonds. The van der Waals surface area contributed by atoms with E-state index in [1.807, 2.05) is 4.90 Å². The van der Waals surface area contributed by atoms with Crippen molar-refractivity contribution in [2.45, 2.75) is 32.2 Å². The number of benzene rings is 1. The van der Waals surface area contributed by atoms with Gasteiger partial charge in [0.25, 0.3) is 0 Å². The quantitative estimate of drug-likeness (QED) is 0.710. The molecule has 1 atom stereocenters. The Morgan fingerprint density at radius 1 is 1.17 bits per heavy atom. The number of halogens is 1. The van der Waals surface area contributed by atoms with Crippen LogP contribution in [-0.2, 0) is 16.0 Å². The second kappa shape index (κ2) is 9.61. The van der Waals surface area contributed by atoms with Crippen molar-refractivity contribution in [3.63, 3.8) is 0 Å². The van der Waals surface area contributed by atoms with Crippen LogP contribution in [0.25, 0.3) is 0 Å². The molecular formula is C21H29FN6O2. The number of aromatic nitrogens is 4. The number of carbonyl (C=O) groups is 1. The van der Waals surface area contributed by atoms with E-state index in [1.165, 1.54) is 12.1 Å². The van der Waals surface area contributed by atoms with Gasteiger partial charge in [0.05, 0.1) is 13.2 Å². The zero-order valence-electron chi connectivity index (χ0n) is 17.4. The van der Waals surface area contributed by atoms with Gasteiger partial charge in [-0.25, -0.2) is 9.07 Å². The van der Waals surface area contributed by atoms with Crippen molar-refractivity contribution in [3.05, 3.63) is 41.5 Å². The maximum absolute atomic E-state index is 13.4. The van der Waals surface area contributed by atoms with Crippen LogP contribution in [0.1, 0.15) is 30.3 Å². The summed E-state index contributed by atoms with van der Waals surface area (Å²) in [7, 11) is 0.